The molecule has 6 heteroatoms. The van der Waals surface area contributed by atoms with Gasteiger partial charge in [0.15, 0.2) is 23.1 Å². The second-order valence-electron chi connectivity index (χ2n) is 12.3. The van der Waals surface area contributed by atoms with Crippen molar-refractivity contribution in [2.45, 2.75) is 0 Å². The fourth-order valence-corrected chi connectivity index (χ4v) is 7.89. The highest BCUT2D eigenvalue weighted by atomic mass is 32.1. The highest BCUT2D eigenvalue weighted by Gasteiger charge is 2.17. The van der Waals surface area contributed by atoms with Crippen LogP contribution in [0.5, 0.6) is 0 Å². The predicted molar refractivity (Wildman–Crippen MR) is 205 cm³/mol. The summed E-state index contributed by atoms with van der Waals surface area (Å²) >= 11 is 1.79. The average Bonchev–Trinajstić information content (AvgIpc) is 3.80. The second kappa shape index (κ2) is 11.6. The first-order chi connectivity index (χ1) is 24.7. The normalized spacial score (nSPS) is 11.6. The largest absolute Gasteiger partial charge is 0.435 e. The van der Waals surface area contributed by atoms with Crippen LogP contribution in [0.4, 0.5) is 0 Å². The Morgan fingerprint density at radius 3 is 1.88 bits per heavy atom. The van der Waals surface area contributed by atoms with E-state index in [2.05, 4.69) is 91.0 Å². The van der Waals surface area contributed by atoms with Gasteiger partial charge in [0.25, 0.3) is 0 Å². The van der Waals surface area contributed by atoms with Crippen LogP contribution in [0.2, 0.25) is 0 Å². The maximum atomic E-state index is 6.48. The quantitative estimate of drug-likeness (QED) is 0.184. The van der Waals surface area contributed by atoms with Gasteiger partial charge in [-0.15, -0.1) is 11.3 Å². The van der Waals surface area contributed by atoms with Gasteiger partial charge < -0.3 is 4.42 Å². The van der Waals surface area contributed by atoms with Crippen molar-refractivity contribution in [3.05, 3.63) is 158 Å². The molecule has 7 aromatic carbocycles. The summed E-state index contributed by atoms with van der Waals surface area (Å²) in [6, 6.07) is 54.1. The topological polar surface area (TPSA) is 64.7 Å². The Kier molecular flexibility index (Phi) is 6.60. The molecule has 50 heavy (non-hydrogen) atoms. The summed E-state index contributed by atoms with van der Waals surface area (Å²) in [5.41, 5.74) is 7.43. The fourth-order valence-electron chi connectivity index (χ4n) is 6.74. The predicted octanol–water partition coefficient (Wildman–Crippen LogP) is 11.9. The Morgan fingerprint density at radius 2 is 1.06 bits per heavy atom. The first-order valence-electron chi connectivity index (χ1n) is 16.5. The molecule has 5 nitrogen and oxygen atoms in total. The molecular weight excluding hydrogens is 633 g/mol. The smallest absolute Gasteiger partial charge is 0.227 e. The molecule has 0 saturated heterocycles. The van der Waals surface area contributed by atoms with Gasteiger partial charge in [0.1, 0.15) is 5.52 Å². The Bertz CT molecular complexity index is 2880. The Morgan fingerprint density at radius 1 is 0.420 bits per heavy atom. The summed E-state index contributed by atoms with van der Waals surface area (Å²) in [5, 5.41) is 4.62. The molecule has 0 bridgehead atoms. The minimum atomic E-state index is 0.608. The SMILES string of the molecule is c1ccc(-c2nc(-c3cccc(-c4cccc5ccc6nc(-c7ccccc7)oc6c45)c3)nc(-c3ccc4c(c3)sc3ccccc34)n2)cc1. The zero-order valence-corrected chi connectivity index (χ0v) is 27.4. The highest BCUT2D eigenvalue weighted by Crippen LogP contribution is 2.39. The summed E-state index contributed by atoms with van der Waals surface area (Å²) < 4.78 is 8.96. The summed E-state index contributed by atoms with van der Waals surface area (Å²) in [7, 11) is 0. The van der Waals surface area contributed by atoms with E-state index in [0.29, 0.717) is 23.4 Å². The van der Waals surface area contributed by atoms with Crippen LogP contribution >= 0.6 is 11.3 Å². The van der Waals surface area contributed by atoms with Crippen LogP contribution in [0, 0.1) is 0 Å². The molecule has 3 aromatic heterocycles. The molecule has 0 aliphatic rings. The molecule has 0 unspecified atom stereocenters. The first kappa shape index (κ1) is 28.5. The molecule has 0 fully saturated rings. The number of nitrogens with zero attached hydrogens (tertiary/aromatic N) is 4. The lowest BCUT2D eigenvalue weighted by Crippen LogP contribution is -2.00. The van der Waals surface area contributed by atoms with E-state index in [4.69, 9.17) is 24.4 Å². The molecule has 0 spiro atoms. The van der Waals surface area contributed by atoms with E-state index in [0.717, 1.165) is 55.3 Å². The summed E-state index contributed by atoms with van der Waals surface area (Å²) in [5.74, 6) is 2.50. The molecule has 3 heterocycles. The van der Waals surface area contributed by atoms with E-state index < -0.39 is 0 Å². The maximum Gasteiger partial charge on any atom is 0.227 e. The number of oxazole rings is 1. The second-order valence-corrected chi connectivity index (χ2v) is 13.3. The standard InChI is InChI=1S/C44H26N4OS/c1-3-11-28(12-4-1)41-46-42(48-43(47-41)32-21-23-35-34-18-7-8-20-37(34)50-38(35)26-32)31-17-9-16-30(25-31)33-19-10-15-27-22-24-36-40(39(27)33)49-44(45-36)29-13-5-2-6-14-29/h1-26H. The molecule has 0 aliphatic heterocycles. The molecule has 0 amide bonds. The summed E-state index contributed by atoms with van der Waals surface area (Å²) in [6.07, 6.45) is 0. The molecule has 234 valence electrons. The van der Waals surface area contributed by atoms with Gasteiger partial charge in [0, 0.05) is 47.8 Å². The van der Waals surface area contributed by atoms with Crippen molar-refractivity contribution in [2.24, 2.45) is 0 Å². The van der Waals surface area contributed by atoms with Crippen LogP contribution in [0.15, 0.2) is 162 Å². The Balaban J connectivity index is 1.13. The Labute approximate surface area is 291 Å². The molecule has 0 atom stereocenters. The highest BCUT2D eigenvalue weighted by molar-refractivity contribution is 7.25. The van der Waals surface area contributed by atoms with Crippen LogP contribution in [0.25, 0.3) is 98.8 Å². The van der Waals surface area contributed by atoms with Crippen molar-refractivity contribution < 1.29 is 4.42 Å². The molecule has 0 radical (unpaired) electrons. The third-order valence-corrected chi connectivity index (χ3v) is 10.3. The molecular formula is C44H26N4OS. The number of hydrogen-bond acceptors (Lipinski definition) is 6. The summed E-state index contributed by atoms with van der Waals surface area (Å²) in [4.78, 5) is 20.0. The van der Waals surface area contributed by atoms with Crippen LogP contribution in [-0.2, 0) is 0 Å². The van der Waals surface area contributed by atoms with Crippen molar-refractivity contribution >= 4 is 53.4 Å². The number of benzene rings is 7. The number of fused-ring (bicyclic) bond motifs is 6. The van der Waals surface area contributed by atoms with Gasteiger partial charge in [-0.25, -0.2) is 19.9 Å². The third-order valence-electron chi connectivity index (χ3n) is 9.15. The monoisotopic (exact) mass is 658 g/mol. The van der Waals surface area contributed by atoms with Crippen molar-refractivity contribution in [1.29, 1.82) is 0 Å². The lowest BCUT2D eigenvalue weighted by Gasteiger charge is -2.11. The van der Waals surface area contributed by atoms with Gasteiger partial charge in [-0.3, -0.25) is 0 Å². The fraction of sp³-hybridized carbons (Fsp3) is 0. The molecule has 10 aromatic rings. The molecule has 10 rings (SSSR count). The Hall–Kier alpha value is -6.50. The minimum Gasteiger partial charge on any atom is -0.435 e. The number of aromatic nitrogens is 4. The third kappa shape index (κ3) is 4.85. The van der Waals surface area contributed by atoms with Gasteiger partial charge in [-0.05, 0) is 52.9 Å². The van der Waals surface area contributed by atoms with Crippen LogP contribution < -0.4 is 0 Å². The van der Waals surface area contributed by atoms with Crippen LogP contribution in [-0.4, -0.2) is 19.9 Å². The van der Waals surface area contributed by atoms with Crippen molar-refractivity contribution in [1.82, 2.24) is 19.9 Å². The van der Waals surface area contributed by atoms with Gasteiger partial charge in [0.2, 0.25) is 5.89 Å². The van der Waals surface area contributed by atoms with Crippen molar-refractivity contribution in [3.63, 3.8) is 0 Å². The van der Waals surface area contributed by atoms with Gasteiger partial charge >= 0.3 is 0 Å². The van der Waals surface area contributed by atoms with E-state index in [9.17, 15) is 0 Å². The van der Waals surface area contributed by atoms with Gasteiger partial charge in [-0.2, -0.15) is 0 Å². The zero-order chi connectivity index (χ0) is 33.0. The van der Waals surface area contributed by atoms with Crippen molar-refractivity contribution in [2.75, 3.05) is 0 Å². The van der Waals surface area contributed by atoms with E-state index in [1.54, 1.807) is 11.3 Å². The van der Waals surface area contributed by atoms with Crippen molar-refractivity contribution in [3.8, 4) is 56.7 Å². The average molecular weight is 659 g/mol. The van der Waals surface area contributed by atoms with Gasteiger partial charge in [0.05, 0.1) is 0 Å². The first-order valence-corrected chi connectivity index (χ1v) is 17.3. The van der Waals surface area contributed by atoms with E-state index >= 15 is 0 Å². The lowest BCUT2D eigenvalue weighted by molar-refractivity contribution is 0.623. The van der Waals surface area contributed by atoms with Crippen LogP contribution in [0.1, 0.15) is 0 Å². The number of thiophene rings is 1. The molecule has 0 N–H and O–H groups in total. The maximum absolute atomic E-state index is 6.48. The summed E-state index contributed by atoms with van der Waals surface area (Å²) in [6.45, 7) is 0. The number of hydrogen-bond donors (Lipinski definition) is 0. The van der Waals surface area contributed by atoms with Crippen LogP contribution in [0.3, 0.4) is 0 Å². The minimum absolute atomic E-state index is 0.608. The molecule has 0 saturated carbocycles. The van der Waals surface area contributed by atoms with E-state index in [1.807, 2.05) is 66.7 Å². The molecule has 0 aliphatic carbocycles. The van der Waals surface area contributed by atoms with Gasteiger partial charge in [-0.1, -0.05) is 121 Å². The van der Waals surface area contributed by atoms with E-state index in [1.165, 1.54) is 20.2 Å². The number of rotatable bonds is 5. The van der Waals surface area contributed by atoms with E-state index in [-0.39, 0.29) is 0 Å². The zero-order valence-electron chi connectivity index (χ0n) is 26.6. The lowest BCUT2D eigenvalue weighted by atomic mass is 9.96.